The van der Waals surface area contributed by atoms with Crippen LogP contribution in [0.3, 0.4) is 0 Å². The summed E-state index contributed by atoms with van der Waals surface area (Å²) in [5.41, 5.74) is 1.60. The van der Waals surface area contributed by atoms with Crippen LogP contribution in [0.4, 0.5) is 0 Å². The van der Waals surface area contributed by atoms with Crippen LogP contribution >= 0.6 is 0 Å². The number of rotatable bonds is 4. The van der Waals surface area contributed by atoms with E-state index in [0.29, 0.717) is 6.04 Å². The Balaban J connectivity index is 2.12. The number of ether oxygens (including phenoxy) is 1. The zero-order valence-corrected chi connectivity index (χ0v) is 11.5. The summed E-state index contributed by atoms with van der Waals surface area (Å²) in [4.78, 5) is 2.61. The fourth-order valence-electron chi connectivity index (χ4n) is 3.27. The van der Waals surface area contributed by atoms with Gasteiger partial charge >= 0.3 is 0 Å². The molecule has 1 atom stereocenters. The van der Waals surface area contributed by atoms with Gasteiger partial charge in [-0.1, -0.05) is 0 Å². The van der Waals surface area contributed by atoms with E-state index in [1.807, 2.05) is 6.26 Å². The largest absolute Gasteiger partial charge is 0.501 e. The molecule has 0 aromatic heterocycles. The zero-order chi connectivity index (χ0) is 12.3. The fourth-order valence-corrected chi connectivity index (χ4v) is 3.27. The highest BCUT2D eigenvalue weighted by molar-refractivity contribution is 5.17. The minimum absolute atomic E-state index is 0.178. The molecule has 17 heavy (non-hydrogen) atoms. The first-order valence-electron chi connectivity index (χ1n) is 6.89. The van der Waals surface area contributed by atoms with Gasteiger partial charge in [-0.15, -0.1) is 0 Å². The Morgan fingerprint density at radius 2 is 2.00 bits per heavy atom. The van der Waals surface area contributed by atoms with E-state index in [4.69, 9.17) is 4.74 Å². The molecular formula is C14H26N2O. The third-order valence-corrected chi connectivity index (χ3v) is 4.25. The molecule has 2 rings (SSSR count). The highest BCUT2D eigenvalue weighted by Gasteiger charge is 2.38. The second-order valence-electron chi connectivity index (χ2n) is 5.74. The van der Waals surface area contributed by atoms with Crippen LogP contribution in [-0.2, 0) is 4.74 Å². The van der Waals surface area contributed by atoms with Crippen molar-refractivity contribution in [2.45, 2.75) is 51.1 Å². The van der Waals surface area contributed by atoms with Crippen molar-refractivity contribution in [3.63, 3.8) is 0 Å². The van der Waals surface area contributed by atoms with Crippen molar-refractivity contribution in [3.05, 3.63) is 11.8 Å². The van der Waals surface area contributed by atoms with E-state index >= 15 is 0 Å². The summed E-state index contributed by atoms with van der Waals surface area (Å²) < 4.78 is 5.50. The summed E-state index contributed by atoms with van der Waals surface area (Å²) in [6.07, 6.45) is 7.00. The highest BCUT2D eigenvalue weighted by Crippen LogP contribution is 2.30. The van der Waals surface area contributed by atoms with E-state index < -0.39 is 0 Å². The van der Waals surface area contributed by atoms with E-state index in [0.717, 1.165) is 13.0 Å². The molecule has 0 amide bonds. The normalized spacial score (nSPS) is 24.3. The number of likely N-dealkylation sites (N-methyl/N-ethyl adjacent to an activating group) is 1. The van der Waals surface area contributed by atoms with Crippen LogP contribution in [0.1, 0.15) is 39.5 Å². The smallest absolute Gasteiger partial charge is 0.0876 e. The first-order chi connectivity index (χ1) is 8.16. The topological polar surface area (TPSA) is 24.5 Å². The van der Waals surface area contributed by atoms with E-state index in [2.05, 4.69) is 31.1 Å². The Hall–Kier alpha value is -0.540. The standard InChI is InChI=1S/C14H26N2O/c1-14(2,16-8-4-5-9-16)13(15-3)12-7-6-10-17-11-12/h11,13,15H,4-10H2,1-3H3. The lowest BCUT2D eigenvalue weighted by Crippen LogP contribution is -2.57. The van der Waals surface area contributed by atoms with Crippen LogP contribution in [0, 0.1) is 0 Å². The van der Waals surface area contributed by atoms with Crippen molar-refractivity contribution in [2.24, 2.45) is 0 Å². The quantitative estimate of drug-likeness (QED) is 0.812. The maximum Gasteiger partial charge on any atom is 0.0876 e. The second kappa shape index (κ2) is 5.40. The highest BCUT2D eigenvalue weighted by atomic mass is 16.5. The Morgan fingerprint density at radius 1 is 1.29 bits per heavy atom. The molecule has 0 saturated carbocycles. The van der Waals surface area contributed by atoms with Crippen LogP contribution in [-0.4, -0.2) is 43.2 Å². The van der Waals surface area contributed by atoms with Gasteiger partial charge in [-0.3, -0.25) is 4.90 Å². The van der Waals surface area contributed by atoms with Gasteiger partial charge in [0.25, 0.3) is 0 Å². The van der Waals surface area contributed by atoms with Gasteiger partial charge in [0.15, 0.2) is 0 Å². The average molecular weight is 238 g/mol. The minimum atomic E-state index is 0.178. The number of likely N-dealkylation sites (tertiary alicyclic amines) is 1. The maximum absolute atomic E-state index is 5.50. The van der Waals surface area contributed by atoms with Crippen LogP contribution in [0.5, 0.6) is 0 Å². The lowest BCUT2D eigenvalue weighted by molar-refractivity contribution is 0.115. The van der Waals surface area contributed by atoms with Crippen molar-refractivity contribution in [1.82, 2.24) is 10.2 Å². The van der Waals surface area contributed by atoms with Gasteiger partial charge < -0.3 is 10.1 Å². The minimum Gasteiger partial charge on any atom is -0.501 e. The molecule has 0 aromatic carbocycles. The van der Waals surface area contributed by atoms with Gasteiger partial charge in [0.2, 0.25) is 0 Å². The average Bonchev–Trinajstić information content (AvgIpc) is 2.85. The van der Waals surface area contributed by atoms with E-state index in [-0.39, 0.29) is 5.54 Å². The van der Waals surface area contributed by atoms with E-state index in [1.54, 1.807) is 0 Å². The molecule has 2 heterocycles. The Labute approximate surface area is 105 Å². The number of nitrogens with zero attached hydrogens (tertiary/aromatic N) is 1. The molecule has 2 aliphatic rings. The summed E-state index contributed by atoms with van der Waals surface area (Å²) in [5, 5.41) is 3.50. The molecule has 1 unspecified atom stereocenters. The van der Waals surface area contributed by atoms with Gasteiger partial charge in [0.1, 0.15) is 0 Å². The first kappa shape index (κ1) is 12.9. The molecule has 2 aliphatic heterocycles. The third kappa shape index (κ3) is 2.66. The summed E-state index contributed by atoms with van der Waals surface area (Å²) in [5.74, 6) is 0. The zero-order valence-electron chi connectivity index (χ0n) is 11.5. The lowest BCUT2D eigenvalue weighted by Gasteiger charge is -2.43. The summed E-state index contributed by atoms with van der Waals surface area (Å²) in [6.45, 7) is 8.06. The molecule has 98 valence electrons. The van der Waals surface area contributed by atoms with Crippen molar-refractivity contribution in [2.75, 3.05) is 26.7 Å². The van der Waals surface area contributed by atoms with Crippen LogP contribution in [0.2, 0.25) is 0 Å². The Kier molecular flexibility index (Phi) is 4.10. The molecule has 3 nitrogen and oxygen atoms in total. The van der Waals surface area contributed by atoms with Crippen molar-refractivity contribution in [3.8, 4) is 0 Å². The molecule has 3 heteroatoms. The summed E-state index contributed by atoms with van der Waals surface area (Å²) in [7, 11) is 2.07. The first-order valence-corrected chi connectivity index (χ1v) is 6.89. The molecular weight excluding hydrogens is 212 g/mol. The molecule has 0 aliphatic carbocycles. The molecule has 0 aromatic rings. The van der Waals surface area contributed by atoms with Gasteiger partial charge in [-0.25, -0.2) is 0 Å². The van der Waals surface area contributed by atoms with Crippen LogP contribution < -0.4 is 5.32 Å². The SMILES string of the molecule is CNC(C1=COCCC1)C(C)(C)N1CCCC1. The second-order valence-corrected chi connectivity index (χ2v) is 5.74. The fraction of sp³-hybridized carbons (Fsp3) is 0.857. The summed E-state index contributed by atoms with van der Waals surface area (Å²) >= 11 is 0. The lowest BCUT2D eigenvalue weighted by atomic mass is 9.85. The van der Waals surface area contributed by atoms with Crippen molar-refractivity contribution >= 4 is 0 Å². The van der Waals surface area contributed by atoms with Crippen molar-refractivity contribution in [1.29, 1.82) is 0 Å². The van der Waals surface area contributed by atoms with Gasteiger partial charge in [0.05, 0.1) is 12.9 Å². The molecule has 0 bridgehead atoms. The van der Waals surface area contributed by atoms with Gasteiger partial charge in [-0.2, -0.15) is 0 Å². The predicted molar refractivity (Wildman–Crippen MR) is 71.0 cm³/mol. The van der Waals surface area contributed by atoms with Crippen LogP contribution in [0.15, 0.2) is 11.8 Å². The summed E-state index contributed by atoms with van der Waals surface area (Å²) in [6, 6.07) is 0.404. The molecule has 1 N–H and O–H groups in total. The Morgan fingerprint density at radius 3 is 2.53 bits per heavy atom. The van der Waals surface area contributed by atoms with Gasteiger partial charge in [-0.05, 0) is 65.2 Å². The van der Waals surface area contributed by atoms with Crippen LogP contribution in [0.25, 0.3) is 0 Å². The van der Waals surface area contributed by atoms with Gasteiger partial charge in [0, 0.05) is 11.6 Å². The monoisotopic (exact) mass is 238 g/mol. The predicted octanol–water partition coefficient (Wildman–Crippen LogP) is 2.14. The Bertz CT molecular complexity index is 280. The molecule has 0 spiro atoms. The van der Waals surface area contributed by atoms with Crippen molar-refractivity contribution < 1.29 is 4.74 Å². The molecule has 1 fully saturated rings. The number of nitrogens with one attached hydrogen (secondary N) is 1. The maximum atomic E-state index is 5.50. The molecule has 1 saturated heterocycles. The van der Waals surface area contributed by atoms with E-state index in [9.17, 15) is 0 Å². The van der Waals surface area contributed by atoms with E-state index in [1.165, 1.54) is 37.9 Å². The number of hydrogen-bond donors (Lipinski definition) is 1. The molecule has 0 radical (unpaired) electrons. The third-order valence-electron chi connectivity index (χ3n) is 4.25. The number of hydrogen-bond acceptors (Lipinski definition) is 3.